The van der Waals surface area contributed by atoms with E-state index in [0.29, 0.717) is 41.7 Å². The highest BCUT2D eigenvalue weighted by Gasteiger charge is 2.57. The van der Waals surface area contributed by atoms with Crippen LogP contribution in [0.15, 0.2) is 53.3 Å². The molecule has 4 heterocycles. The Morgan fingerprint density at radius 3 is 2.44 bits per heavy atom. The fraction of sp³-hybridized carbons (Fsp3) is 0.464. The third-order valence-corrected chi connectivity index (χ3v) is 7.77. The molecule has 190 valence electrons. The first kappa shape index (κ1) is 24.5. The van der Waals surface area contributed by atoms with Crippen LogP contribution >= 0.6 is 0 Å². The maximum Gasteiger partial charge on any atom is 0.407 e. The van der Waals surface area contributed by atoms with E-state index in [-0.39, 0.29) is 19.0 Å². The molecule has 1 atom stereocenters. The lowest BCUT2D eigenvalue weighted by molar-refractivity contribution is -0.124. The van der Waals surface area contributed by atoms with Crippen molar-refractivity contribution in [3.8, 4) is 11.5 Å². The molecule has 0 bridgehead atoms. The van der Waals surface area contributed by atoms with Gasteiger partial charge >= 0.3 is 6.09 Å². The first-order chi connectivity index (χ1) is 17.2. The van der Waals surface area contributed by atoms with Gasteiger partial charge in [0.15, 0.2) is 0 Å². The van der Waals surface area contributed by atoms with Gasteiger partial charge in [0.1, 0.15) is 11.4 Å². The van der Waals surface area contributed by atoms with Gasteiger partial charge in [0, 0.05) is 55.6 Å². The highest BCUT2D eigenvalue weighted by Crippen LogP contribution is 2.51. The smallest absolute Gasteiger partial charge is 0.407 e. The molecule has 3 aromatic rings. The average molecular weight is 492 g/mol. The summed E-state index contributed by atoms with van der Waals surface area (Å²) in [7, 11) is 0. The highest BCUT2D eigenvalue weighted by atomic mass is 16.5. The van der Waals surface area contributed by atoms with E-state index in [9.17, 15) is 15.0 Å². The summed E-state index contributed by atoms with van der Waals surface area (Å²) in [6.07, 6.45) is 5.91. The van der Waals surface area contributed by atoms with Crippen LogP contribution in [0.25, 0.3) is 11.5 Å². The summed E-state index contributed by atoms with van der Waals surface area (Å²) in [6.45, 7) is 8.02. The standard InChI is InChI=1S/C28H33N3O5/c1-18(2)19-4-6-22(7-5-19)28(34,27(3)16-31(17-27)26(32)33)23-12-21(13-29-14-23)25-30-15-24(36-25)20-8-10-35-11-9-20/h4-7,12-15,18,20,34H,8-11,16-17H2,1-3H3,(H,32,33)/t28-/m0/s1. The van der Waals surface area contributed by atoms with E-state index >= 15 is 0 Å². The largest absolute Gasteiger partial charge is 0.465 e. The molecule has 5 rings (SSSR count). The second kappa shape index (κ2) is 9.33. The molecule has 8 heteroatoms. The van der Waals surface area contributed by atoms with E-state index in [1.54, 1.807) is 18.6 Å². The molecular formula is C28H33N3O5. The predicted molar refractivity (Wildman–Crippen MR) is 134 cm³/mol. The van der Waals surface area contributed by atoms with Gasteiger partial charge in [0.25, 0.3) is 0 Å². The van der Waals surface area contributed by atoms with Gasteiger partial charge in [0.2, 0.25) is 5.89 Å². The third-order valence-electron chi connectivity index (χ3n) is 7.77. The molecule has 8 nitrogen and oxygen atoms in total. The SMILES string of the molecule is CC(C)c1ccc([C@](O)(c2cncc(-c3ncc(C4CCOCC4)o3)c2)C2(C)CN(C(=O)O)C2)cc1. The average Bonchev–Trinajstić information content (AvgIpc) is 3.37. The molecule has 2 aromatic heterocycles. The van der Waals surface area contributed by atoms with Crippen LogP contribution in [0.5, 0.6) is 0 Å². The summed E-state index contributed by atoms with van der Waals surface area (Å²) in [6, 6.07) is 9.77. The molecule has 0 radical (unpaired) electrons. The first-order valence-electron chi connectivity index (χ1n) is 12.5. The summed E-state index contributed by atoms with van der Waals surface area (Å²) in [5.74, 6) is 1.92. The highest BCUT2D eigenvalue weighted by molar-refractivity contribution is 5.67. The molecule has 2 aliphatic rings. The number of rotatable bonds is 6. The van der Waals surface area contributed by atoms with Crippen LogP contribution in [-0.4, -0.2) is 57.5 Å². The van der Waals surface area contributed by atoms with E-state index in [1.165, 1.54) is 10.5 Å². The fourth-order valence-corrected chi connectivity index (χ4v) is 5.48. The Labute approximate surface area is 211 Å². The van der Waals surface area contributed by atoms with Crippen LogP contribution < -0.4 is 0 Å². The number of pyridine rings is 1. The topological polar surface area (TPSA) is 109 Å². The number of oxazole rings is 1. The van der Waals surface area contributed by atoms with Gasteiger partial charge in [-0.15, -0.1) is 0 Å². The summed E-state index contributed by atoms with van der Waals surface area (Å²) in [5.41, 5.74) is 0.910. The molecule has 36 heavy (non-hydrogen) atoms. The maximum atomic E-state index is 12.4. The molecule has 1 aromatic carbocycles. The Morgan fingerprint density at radius 1 is 1.11 bits per heavy atom. The van der Waals surface area contributed by atoms with Gasteiger partial charge < -0.3 is 24.3 Å². The number of carbonyl (C=O) groups is 1. The van der Waals surface area contributed by atoms with Crippen molar-refractivity contribution in [1.82, 2.24) is 14.9 Å². The normalized spacial score (nSPS) is 19.6. The Hall–Kier alpha value is -3.23. The fourth-order valence-electron chi connectivity index (χ4n) is 5.48. The minimum atomic E-state index is -1.46. The van der Waals surface area contributed by atoms with Crippen molar-refractivity contribution in [1.29, 1.82) is 0 Å². The maximum absolute atomic E-state index is 12.4. The lowest BCUT2D eigenvalue weighted by Crippen LogP contribution is -2.66. The lowest BCUT2D eigenvalue weighted by Gasteiger charge is -2.55. The first-order valence-corrected chi connectivity index (χ1v) is 12.5. The number of likely N-dealkylation sites (tertiary alicyclic amines) is 1. The van der Waals surface area contributed by atoms with E-state index in [1.807, 2.05) is 37.3 Å². The van der Waals surface area contributed by atoms with Crippen LogP contribution in [0.2, 0.25) is 0 Å². The molecule has 0 aliphatic carbocycles. The summed E-state index contributed by atoms with van der Waals surface area (Å²) >= 11 is 0. The van der Waals surface area contributed by atoms with Crippen molar-refractivity contribution < 1.29 is 24.2 Å². The number of ether oxygens (including phenoxy) is 1. The van der Waals surface area contributed by atoms with Crippen LogP contribution in [0.4, 0.5) is 4.79 Å². The number of carboxylic acid groups (broad SMARTS) is 1. The Bertz CT molecular complexity index is 1230. The van der Waals surface area contributed by atoms with E-state index in [4.69, 9.17) is 9.15 Å². The van der Waals surface area contributed by atoms with Crippen molar-refractivity contribution in [2.45, 2.75) is 51.0 Å². The minimum Gasteiger partial charge on any atom is -0.465 e. The summed E-state index contributed by atoms with van der Waals surface area (Å²) in [5, 5.41) is 21.9. The molecule has 2 saturated heterocycles. The van der Waals surface area contributed by atoms with Gasteiger partial charge in [-0.2, -0.15) is 0 Å². The zero-order valence-electron chi connectivity index (χ0n) is 21.0. The zero-order chi connectivity index (χ0) is 25.5. The monoisotopic (exact) mass is 491 g/mol. The molecule has 2 fully saturated rings. The number of aliphatic hydroxyl groups is 1. The van der Waals surface area contributed by atoms with Crippen molar-refractivity contribution in [2.24, 2.45) is 5.41 Å². The molecule has 0 spiro atoms. The van der Waals surface area contributed by atoms with E-state index in [2.05, 4.69) is 23.8 Å². The minimum absolute atomic E-state index is 0.210. The molecule has 1 amide bonds. The van der Waals surface area contributed by atoms with Gasteiger partial charge in [-0.3, -0.25) is 4.98 Å². The number of hydrogen-bond donors (Lipinski definition) is 2. The van der Waals surface area contributed by atoms with Crippen LogP contribution in [0, 0.1) is 5.41 Å². The van der Waals surface area contributed by atoms with Gasteiger partial charge in [-0.05, 0) is 36.0 Å². The summed E-state index contributed by atoms with van der Waals surface area (Å²) < 4.78 is 11.6. The lowest BCUT2D eigenvalue weighted by atomic mass is 9.62. The number of aromatic nitrogens is 2. The van der Waals surface area contributed by atoms with E-state index in [0.717, 1.165) is 18.6 Å². The second-order valence-electron chi connectivity index (χ2n) is 10.6. The molecule has 0 unspecified atom stereocenters. The zero-order valence-corrected chi connectivity index (χ0v) is 21.0. The Balaban J connectivity index is 1.53. The summed E-state index contributed by atoms with van der Waals surface area (Å²) in [4.78, 5) is 21.8. The van der Waals surface area contributed by atoms with Crippen molar-refractivity contribution in [3.63, 3.8) is 0 Å². The van der Waals surface area contributed by atoms with Gasteiger partial charge in [0.05, 0.1) is 11.8 Å². The predicted octanol–water partition coefficient (Wildman–Crippen LogP) is 4.99. The number of hydrogen-bond acceptors (Lipinski definition) is 6. The van der Waals surface area contributed by atoms with Crippen molar-refractivity contribution in [2.75, 3.05) is 26.3 Å². The van der Waals surface area contributed by atoms with Crippen molar-refractivity contribution in [3.05, 3.63) is 71.4 Å². The number of nitrogens with zero attached hydrogens (tertiary/aromatic N) is 3. The van der Waals surface area contributed by atoms with Crippen molar-refractivity contribution >= 4 is 6.09 Å². The third kappa shape index (κ3) is 4.18. The van der Waals surface area contributed by atoms with Gasteiger partial charge in [-0.1, -0.05) is 45.0 Å². The molecule has 2 aliphatic heterocycles. The second-order valence-corrected chi connectivity index (χ2v) is 10.6. The van der Waals surface area contributed by atoms with Crippen LogP contribution in [0.1, 0.15) is 67.9 Å². The van der Waals surface area contributed by atoms with E-state index < -0.39 is 17.1 Å². The number of amides is 1. The molecule has 0 saturated carbocycles. The molecule has 2 N–H and O–H groups in total. The molecular weight excluding hydrogens is 458 g/mol. The van der Waals surface area contributed by atoms with Crippen LogP contribution in [0.3, 0.4) is 0 Å². The Kier molecular flexibility index (Phi) is 6.34. The quantitative estimate of drug-likeness (QED) is 0.500. The number of benzene rings is 1. The van der Waals surface area contributed by atoms with Gasteiger partial charge in [-0.25, -0.2) is 9.78 Å². The Morgan fingerprint density at radius 2 is 1.81 bits per heavy atom. The van der Waals surface area contributed by atoms with Crippen LogP contribution in [-0.2, 0) is 10.3 Å².